The molecule has 0 amide bonds. The molecule has 0 aliphatic heterocycles. The molecular weight excluding hydrogens is 233 g/mol. The summed E-state index contributed by atoms with van der Waals surface area (Å²) in [6.45, 7) is 0. The van der Waals surface area contributed by atoms with Crippen LogP contribution in [-0.2, 0) is 11.0 Å². The molecule has 1 fully saturated rings. The quantitative estimate of drug-likeness (QED) is 0.885. The maximum absolute atomic E-state index is 12.5. The summed E-state index contributed by atoms with van der Waals surface area (Å²) in [6.07, 6.45) is -2.89. The zero-order valence-electron chi connectivity index (χ0n) is 8.87. The first kappa shape index (κ1) is 12.0. The highest BCUT2D eigenvalue weighted by molar-refractivity contribution is 5.77. The lowest BCUT2D eigenvalue weighted by Gasteiger charge is -2.14. The Morgan fingerprint density at radius 1 is 1.35 bits per heavy atom. The van der Waals surface area contributed by atoms with Crippen molar-refractivity contribution in [3.63, 3.8) is 0 Å². The fourth-order valence-corrected chi connectivity index (χ4v) is 1.95. The van der Waals surface area contributed by atoms with E-state index in [-0.39, 0.29) is 11.5 Å². The Morgan fingerprint density at radius 3 is 2.47 bits per heavy atom. The van der Waals surface area contributed by atoms with E-state index >= 15 is 0 Å². The second-order valence-electron chi connectivity index (χ2n) is 4.28. The van der Waals surface area contributed by atoms with Crippen LogP contribution in [0.5, 0.6) is 0 Å². The average Bonchev–Trinajstić information content (AvgIpc) is 3.01. The fourth-order valence-electron chi connectivity index (χ4n) is 1.95. The molecule has 1 aliphatic rings. The Balaban J connectivity index is 2.34. The van der Waals surface area contributed by atoms with Crippen molar-refractivity contribution in [2.45, 2.75) is 24.9 Å². The van der Waals surface area contributed by atoms with Gasteiger partial charge in [0.2, 0.25) is 0 Å². The third kappa shape index (κ3) is 2.60. The van der Waals surface area contributed by atoms with Crippen molar-refractivity contribution >= 4 is 5.97 Å². The normalized spacial score (nSPS) is 17.8. The van der Waals surface area contributed by atoms with E-state index in [0.717, 1.165) is 25.0 Å². The number of benzene rings is 1. The Labute approximate surface area is 96.1 Å². The van der Waals surface area contributed by atoms with Gasteiger partial charge in [0.15, 0.2) is 0 Å². The average molecular weight is 244 g/mol. The van der Waals surface area contributed by atoms with Gasteiger partial charge in [-0.3, -0.25) is 4.79 Å². The van der Waals surface area contributed by atoms with E-state index in [1.165, 1.54) is 12.1 Å². The summed E-state index contributed by atoms with van der Waals surface area (Å²) in [4.78, 5) is 11.1. The van der Waals surface area contributed by atoms with E-state index in [4.69, 9.17) is 5.11 Å². The summed E-state index contributed by atoms with van der Waals surface area (Å²) >= 11 is 0. The maximum atomic E-state index is 12.5. The molecule has 0 radical (unpaired) electrons. The van der Waals surface area contributed by atoms with Gasteiger partial charge >= 0.3 is 12.1 Å². The minimum Gasteiger partial charge on any atom is -0.481 e. The van der Waals surface area contributed by atoms with E-state index in [2.05, 4.69) is 0 Å². The Morgan fingerprint density at radius 2 is 2.00 bits per heavy atom. The van der Waals surface area contributed by atoms with Gasteiger partial charge in [0.25, 0.3) is 0 Å². The molecule has 92 valence electrons. The van der Waals surface area contributed by atoms with Crippen molar-refractivity contribution in [1.29, 1.82) is 0 Å². The largest absolute Gasteiger partial charge is 0.481 e. The van der Waals surface area contributed by atoms with Crippen LogP contribution in [0.1, 0.15) is 29.9 Å². The summed E-state index contributed by atoms with van der Waals surface area (Å²) in [5.74, 6) is -1.87. The molecule has 1 atom stereocenters. The number of carboxylic acids is 1. The zero-order chi connectivity index (χ0) is 12.6. The van der Waals surface area contributed by atoms with Crippen LogP contribution in [0.25, 0.3) is 0 Å². The van der Waals surface area contributed by atoms with Gasteiger partial charge in [-0.25, -0.2) is 0 Å². The van der Waals surface area contributed by atoms with Crippen molar-refractivity contribution < 1.29 is 23.1 Å². The molecule has 1 aromatic carbocycles. The van der Waals surface area contributed by atoms with Gasteiger partial charge in [0.1, 0.15) is 0 Å². The monoisotopic (exact) mass is 244 g/mol. The van der Waals surface area contributed by atoms with E-state index < -0.39 is 23.6 Å². The van der Waals surface area contributed by atoms with Gasteiger partial charge in [-0.2, -0.15) is 13.2 Å². The lowest BCUT2D eigenvalue weighted by molar-refractivity contribution is -0.140. The predicted molar refractivity (Wildman–Crippen MR) is 54.5 cm³/mol. The summed E-state index contributed by atoms with van der Waals surface area (Å²) in [5, 5.41) is 9.05. The van der Waals surface area contributed by atoms with Crippen LogP contribution in [0.2, 0.25) is 0 Å². The molecule has 5 heteroatoms. The number of hydrogen-bond acceptors (Lipinski definition) is 1. The molecule has 1 unspecified atom stereocenters. The number of aliphatic carboxylic acids is 1. The van der Waals surface area contributed by atoms with Crippen molar-refractivity contribution in [2.24, 2.45) is 5.92 Å². The number of carboxylic acid groups (broad SMARTS) is 1. The lowest BCUT2D eigenvalue weighted by atomic mass is 9.93. The Hall–Kier alpha value is -1.52. The number of carbonyl (C=O) groups is 1. The molecular formula is C12H11F3O2. The lowest BCUT2D eigenvalue weighted by Crippen LogP contribution is -2.15. The molecule has 0 heterocycles. The van der Waals surface area contributed by atoms with Crippen molar-refractivity contribution in [1.82, 2.24) is 0 Å². The molecule has 1 aromatic rings. The predicted octanol–water partition coefficient (Wildman–Crippen LogP) is 3.28. The SMILES string of the molecule is O=C(O)C(c1cccc(C(F)(F)F)c1)C1CC1. The topological polar surface area (TPSA) is 37.3 Å². The molecule has 17 heavy (non-hydrogen) atoms. The number of rotatable bonds is 3. The molecule has 2 rings (SSSR count). The molecule has 2 nitrogen and oxygen atoms in total. The first-order valence-corrected chi connectivity index (χ1v) is 5.29. The molecule has 0 saturated heterocycles. The van der Waals surface area contributed by atoms with Crippen molar-refractivity contribution in [2.75, 3.05) is 0 Å². The van der Waals surface area contributed by atoms with Crippen LogP contribution >= 0.6 is 0 Å². The number of halogens is 3. The third-order valence-corrected chi connectivity index (χ3v) is 2.93. The summed E-state index contributed by atoms with van der Waals surface area (Å²) < 4.78 is 37.5. The zero-order valence-corrected chi connectivity index (χ0v) is 8.87. The van der Waals surface area contributed by atoms with Crippen LogP contribution < -0.4 is 0 Å². The molecule has 0 spiro atoms. The van der Waals surface area contributed by atoms with Gasteiger partial charge in [-0.15, -0.1) is 0 Å². The van der Waals surface area contributed by atoms with Gasteiger partial charge in [0.05, 0.1) is 11.5 Å². The van der Waals surface area contributed by atoms with Crippen LogP contribution in [-0.4, -0.2) is 11.1 Å². The van der Waals surface area contributed by atoms with Gasteiger partial charge in [0, 0.05) is 0 Å². The summed E-state index contributed by atoms with van der Waals surface area (Å²) in [7, 11) is 0. The molecule has 1 N–H and O–H groups in total. The minimum atomic E-state index is -4.43. The summed E-state index contributed by atoms with van der Waals surface area (Å²) in [5.41, 5.74) is -0.545. The highest BCUT2D eigenvalue weighted by Crippen LogP contribution is 2.43. The van der Waals surface area contributed by atoms with E-state index in [1.54, 1.807) is 0 Å². The highest BCUT2D eigenvalue weighted by atomic mass is 19.4. The number of hydrogen-bond donors (Lipinski definition) is 1. The molecule has 1 saturated carbocycles. The Bertz CT molecular complexity index is 436. The van der Waals surface area contributed by atoms with E-state index in [9.17, 15) is 18.0 Å². The van der Waals surface area contributed by atoms with Crippen LogP contribution in [0.4, 0.5) is 13.2 Å². The molecule has 0 bridgehead atoms. The van der Waals surface area contributed by atoms with E-state index in [1.807, 2.05) is 0 Å². The van der Waals surface area contributed by atoms with Crippen LogP contribution in [0, 0.1) is 5.92 Å². The van der Waals surface area contributed by atoms with E-state index in [0.29, 0.717) is 0 Å². The van der Waals surface area contributed by atoms with Gasteiger partial charge < -0.3 is 5.11 Å². The van der Waals surface area contributed by atoms with Gasteiger partial charge in [-0.1, -0.05) is 18.2 Å². The fraction of sp³-hybridized carbons (Fsp3) is 0.417. The molecule has 0 aromatic heterocycles. The van der Waals surface area contributed by atoms with Gasteiger partial charge in [-0.05, 0) is 30.4 Å². The molecule has 1 aliphatic carbocycles. The number of alkyl halides is 3. The third-order valence-electron chi connectivity index (χ3n) is 2.93. The first-order valence-electron chi connectivity index (χ1n) is 5.29. The standard InChI is InChI=1S/C12H11F3O2/c13-12(14,15)9-3-1-2-8(6-9)10(11(16)17)7-4-5-7/h1-3,6-7,10H,4-5H2,(H,16,17). The van der Waals surface area contributed by atoms with Crippen LogP contribution in [0.15, 0.2) is 24.3 Å². The summed E-state index contributed by atoms with van der Waals surface area (Å²) in [6, 6.07) is 4.61. The van der Waals surface area contributed by atoms with Crippen molar-refractivity contribution in [3.8, 4) is 0 Å². The smallest absolute Gasteiger partial charge is 0.416 e. The minimum absolute atomic E-state index is 0.0176. The highest BCUT2D eigenvalue weighted by Gasteiger charge is 2.38. The first-order chi connectivity index (χ1) is 7.89. The second kappa shape index (κ2) is 4.05. The van der Waals surface area contributed by atoms with Crippen molar-refractivity contribution in [3.05, 3.63) is 35.4 Å². The Kier molecular flexibility index (Phi) is 2.85. The second-order valence-corrected chi connectivity index (χ2v) is 4.28. The van der Waals surface area contributed by atoms with Crippen LogP contribution in [0.3, 0.4) is 0 Å². The maximum Gasteiger partial charge on any atom is 0.416 e.